The van der Waals surface area contributed by atoms with Gasteiger partial charge in [0.05, 0.1) is 0 Å². The first-order valence-corrected chi connectivity index (χ1v) is 33.6. The molecule has 0 radical (unpaired) electrons. The van der Waals surface area contributed by atoms with E-state index in [9.17, 15) is 10.0 Å². The Hall–Kier alpha value is -1.58. The molecule has 1 amide bonds. The molecular formula is C78H150N2O2. The van der Waals surface area contributed by atoms with Crippen molar-refractivity contribution >= 4 is 5.91 Å². The van der Waals surface area contributed by atoms with Gasteiger partial charge in [-0.15, -0.1) is 0 Å². The van der Waals surface area contributed by atoms with Gasteiger partial charge in [0.25, 0.3) is 5.69 Å². The Morgan fingerprint density at radius 2 is 0.537 bits per heavy atom. The van der Waals surface area contributed by atoms with Crippen LogP contribution in [0.3, 0.4) is 0 Å². The SMILES string of the molecule is CC(CNC(=O)c1cccc[n+]1[O-])CC(C)(C)CC(C)(C)CC(C)(C)CC(C)(C)CC(C)(C)CC(C)(C)CC(C)(C)CC(C)(C)CC(C)(C)CC(C)(C)CC(C)(C)CC(C)(C)CC(C)(C)CC(C)(C)CC(C)(C)CC(C)(C)CC(C)(C)C. The van der Waals surface area contributed by atoms with Crippen molar-refractivity contribution in [1.82, 2.24) is 5.32 Å². The van der Waals surface area contributed by atoms with Crippen molar-refractivity contribution in [2.75, 3.05) is 6.54 Å². The maximum absolute atomic E-state index is 12.8. The first-order chi connectivity index (χ1) is 35.6. The van der Waals surface area contributed by atoms with Crippen molar-refractivity contribution in [3.8, 4) is 0 Å². The number of nitrogens with one attached hydrogen (secondary N) is 1. The Labute approximate surface area is 516 Å². The first kappa shape index (κ1) is 78.4. The summed E-state index contributed by atoms with van der Waals surface area (Å²) in [5.41, 5.74) is 4.32. The number of carbonyl (C=O) groups excluding carboxylic acids is 1. The summed E-state index contributed by atoms with van der Waals surface area (Å²) in [6.45, 7) is 91.4. The molecule has 0 aliphatic carbocycles. The van der Waals surface area contributed by atoms with E-state index in [0.717, 1.165) is 12.8 Å². The van der Waals surface area contributed by atoms with E-state index in [2.05, 4.69) is 255 Å². The monoisotopic (exact) mass is 1150 g/mol. The van der Waals surface area contributed by atoms with Crippen LogP contribution in [0.2, 0.25) is 0 Å². The van der Waals surface area contributed by atoms with E-state index in [1.807, 2.05) is 0 Å². The third-order valence-electron chi connectivity index (χ3n) is 17.9. The van der Waals surface area contributed by atoms with Crippen LogP contribution in [0.5, 0.6) is 0 Å². The van der Waals surface area contributed by atoms with Gasteiger partial charge in [-0.3, -0.25) is 4.79 Å². The molecule has 1 unspecified atom stereocenters. The largest absolute Gasteiger partial charge is 0.618 e. The normalized spacial score (nSPS) is 15.8. The number of nitrogens with zero attached hydrogens (tertiary/aromatic N) is 1. The molecule has 0 fully saturated rings. The molecule has 0 aliphatic heterocycles. The molecule has 1 aromatic heterocycles. The van der Waals surface area contributed by atoms with Gasteiger partial charge in [-0.1, -0.05) is 249 Å². The minimum Gasteiger partial charge on any atom is -0.618 e. The quantitative estimate of drug-likeness (QED) is 0.0538. The van der Waals surface area contributed by atoms with Gasteiger partial charge in [-0.05, 0) is 213 Å². The van der Waals surface area contributed by atoms with Crippen LogP contribution in [0.1, 0.15) is 369 Å². The summed E-state index contributed by atoms with van der Waals surface area (Å²) < 4.78 is 0.644. The van der Waals surface area contributed by atoms with E-state index in [0.29, 0.717) is 33.4 Å². The zero-order valence-electron chi connectivity index (χ0n) is 62.9. The maximum Gasteiger partial charge on any atom is 0.317 e. The number of rotatable bonds is 36. The van der Waals surface area contributed by atoms with E-state index >= 15 is 0 Å². The van der Waals surface area contributed by atoms with Crippen molar-refractivity contribution in [1.29, 1.82) is 0 Å². The topological polar surface area (TPSA) is 56.0 Å². The van der Waals surface area contributed by atoms with Gasteiger partial charge < -0.3 is 10.5 Å². The molecule has 1 aromatic rings. The highest BCUT2D eigenvalue weighted by Crippen LogP contribution is 2.57. The van der Waals surface area contributed by atoms with Crippen LogP contribution >= 0.6 is 0 Å². The van der Waals surface area contributed by atoms with Crippen LogP contribution in [-0.4, -0.2) is 12.5 Å². The van der Waals surface area contributed by atoms with Crippen molar-refractivity contribution in [3.05, 3.63) is 35.3 Å². The fourth-order valence-corrected chi connectivity index (χ4v) is 23.9. The zero-order chi connectivity index (χ0) is 65.1. The molecular weight excluding hydrogens is 997 g/mol. The van der Waals surface area contributed by atoms with Gasteiger partial charge in [0.15, 0.2) is 6.20 Å². The number of carbonyl (C=O) groups is 1. The molecule has 0 aliphatic rings. The van der Waals surface area contributed by atoms with Crippen LogP contribution in [0.4, 0.5) is 0 Å². The predicted molar refractivity (Wildman–Crippen MR) is 365 cm³/mol. The van der Waals surface area contributed by atoms with E-state index in [1.54, 1.807) is 18.2 Å². The summed E-state index contributed by atoms with van der Waals surface area (Å²) in [6.07, 6.45) is 22.2. The van der Waals surface area contributed by atoms with Gasteiger partial charge in [0.2, 0.25) is 0 Å². The number of hydrogen-bond donors (Lipinski definition) is 1. The summed E-state index contributed by atoms with van der Waals surface area (Å²) in [7, 11) is 0. The highest BCUT2D eigenvalue weighted by Gasteiger charge is 2.46. The Kier molecular flexibility index (Phi) is 25.5. The van der Waals surface area contributed by atoms with Crippen molar-refractivity contribution in [2.24, 2.45) is 98.0 Å². The number of pyridine rings is 1. The van der Waals surface area contributed by atoms with E-state index in [1.165, 1.54) is 103 Å². The second-order valence-electron chi connectivity index (χ2n) is 43.4. The van der Waals surface area contributed by atoms with E-state index in [-0.39, 0.29) is 87.4 Å². The minimum absolute atomic E-state index is 0.113. The van der Waals surface area contributed by atoms with Crippen molar-refractivity contribution in [3.63, 3.8) is 0 Å². The lowest BCUT2D eigenvalue weighted by Gasteiger charge is -2.48. The Balaban J connectivity index is 2.94. The van der Waals surface area contributed by atoms with Gasteiger partial charge >= 0.3 is 5.91 Å². The van der Waals surface area contributed by atoms with Crippen LogP contribution in [0.15, 0.2) is 24.4 Å². The molecule has 82 heavy (non-hydrogen) atoms. The van der Waals surface area contributed by atoms with Crippen LogP contribution in [0, 0.1) is 103 Å². The zero-order valence-corrected chi connectivity index (χ0v) is 62.9. The third kappa shape index (κ3) is 33.0. The first-order valence-electron chi connectivity index (χ1n) is 33.6. The molecule has 0 spiro atoms. The van der Waals surface area contributed by atoms with Gasteiger partial charge in [0.1, 0.15) is 0 Å². The fourth-order valence-electron chi connectivity index (χ4n) is 23.9. The molecule has 1 heterocycles. The minimum atomic E-state index is -0.304. The summed E-state index contributed by atoms with van der Waals surface area (Å²) in [6, 6.07) is 4.96. The molecule has 1 atom stereocenters. The third-order valence-corrected chi connectivity index (χ3v) is 17.9. The van der Waals surface area contributed by atoms with Crippen LogP contribution < -0.4 is 10.0 Å². The molecule has 0 saturated heterocycles. The molecule has 1 rings (SSSR count). The lowest BCUT2D eigenvalue weighted by Crippen LogP contribution is -2.40. The highest BCUT2D eigenvalue weighted by atomic mass is 16.5. The summed E-state index contributed by atoms with van der Waals surface area (Å²) >= 11 is 0. The Bertz CT molecular complexity index is 2130. The predicted octanol–water partition coefficient (Wildman–Crippen LogP) is 24.8. The maximum atomic E-state index is 12.8. The molecule has 4 heteroatoms. The molecule has 0 aromatic carbocycles. The summed E-state index contributed by atoms with van der Waals surface area (Å²) in [5, 5.41) is 15.2. The van der Waals surface area contributed by atoms with Crippen molar-refractivity contribution < 1.29 is 9.52 Å². The van der Waals surface area contributed by atoms with E-state index in [4.69, 9.17) is 0 Å². The fraction of sp³-hybridized carbons (Fsp3) is 0.923. The lowest BCUT2D eigenvalue weighted by molar-refractivity contribution is -0.607. The second-order valence-corrected chi connectivity index (χ2v) is 43.4. The molecule has 4 nitrogen and oxygen atoms in total. The van der Waals surface area contributed by atoms with Gasteiger partial charge in [-0.2, -0.15) is 4.73 Å². The average Bonchev–Trinajstić information content (AvgIpc) is 3.04. The molecule has 0 bridgehead atoms. The molecule has 1 N–H and O–H groups in total. The van der Waals surface area contributed by atoms with Crippen LogP contribution in [-0.2, 0) is 0 Å². The summed E-state index contributed by atoms with van der Waals surface area (Å²) in [4.78, 5) is 12.8. The van der Waals surface area contributed by atoms with Crippen LogP contribution in [0.25, 0.3) is 0 Å². The molecule has 484 valence electrons. The highest BCUT2D eigenvalue weighted by molar-refractivity contribution is 5.90. The second kappa shape index (κ2) is 26.6. The summed E-state index contributed by atoms with van der Waals surface area (Å²) in [5.74, 6) is -0.00539. The Morgan fingerprint density at radius 3 is 0.732 bits per heavy atom. The number of amides is 1. The standard InChI is InChI=1S/C78H150N2O2/c1-59(42-79-61(81)60-39-37-38-40-80(60)82)41-63(5,6)44-65(9,10)46-67(13,14)48-69(17,18)50-71(21,22)52-73(25,26)54-75(29,30)56-77(33,34)58-78(35,36)57-76(31,32)55-74(27,28)53-72(23,24)51-70(19,20)49-68(15,16)47-66(11,12)45-64(7,8)43-62(2,3)4/h37-40,59H,41-58H2,1-36H3,(H,79,81). The van der Waals surface area contributed by atoms with Gasteiger partial charge in [0, 0.05) is 18.7 Å². The van der Waals surface area contributed by atoms with Gasteiger partial charge in [-0.25, -0.2) is 0 Å². The number of aromatic nitrogens is 1. The lowest BCUT2D eigenvalue weighted by atomic mass is 9.57. The Morgan fingerprint density at radius 1 is 0.341 bits per heavy atom. The average molecular weight is 1150 g/mol. The van der Waals surface area contributed by atoms with E-state index < -0.39 is 0 Å². The van der Waals surface area contributed by atoms with Crippen molar-refractivity contribution in [2.45, 2.75) is 358 Å². The number of hydrogen-bond acceptors (Lipinski definition) is 2. The smallest absolute Gasteiger partial charge is 0.317 e. The molecule has 0 saturated carbocycles.